The van der Waals surface area contributed by atoms with Crippen molar-refractivity contribution in [3.8, 4) is 0 Å². The SMILES string of the molecule is CCCCCCCCO[C@H]1[C@H](O)[C@@H](O)[C@@H]2OC[C@H]1O2. The molecule has 19 heavy (non-hydrogen) atoms. The quantitative estimate of drug-likeness (QED) is 0.651. The average molecular weight is 274 g/mol. The molecule has 0 aromatic carbocycles. The summed E-state index contributed by atoms with van der Waals surface area (Å²) in [5.74, 6) is 0. The van der Waals surface area contributed by atoms with E-state index in [2.05, 4.69) is 6.92 Å². The lowest BCUT2D eigenvalue weighted by molar-refractivity contribution is -0.238. The maximum atomic E-state index is 9.96. The van der Waals surface area contributed by atoms with Crippen molar-refractivity contribution in [2.45, 2.75) is 76.2 Å². The minimum absolute atomic E-state index is 0.247. The molecule has 2 N–H and O–H groups in total. The van der Waals surface area contributed by atoms with Gasteiger partial charge >= 0.3 is 0 Å². The van der Waals surface area contributed by atoms with Crippen LogP contribution in [0, 0.1) is 0 Å². The number of hydrogen-bond donors (Lipinski definition) is 2. The number of hydrogen-bond acceptors (Lipinski definition) is 5. The van der Waals surface area contributed by atoms with Gasteiger partial charge in [-0.15, -0.1) is 0 Å². The molecule has 0 radical (unpaired) electrons. The molecule has 0 aromatic rings. The fraction of sp³-hybridized carbons (Fsp3) is 1.00. The van der Waals surface area contributed by atoms with Crippen LogP contribution in [0.15, 0.2) is 0 Å². The normalized spacial score (nSPS) is 37.7. The predicted molar refractivity (Wildman–Crippen MR) is 69.7 cm³/mol. The van der Waals surface area contributed by atoms with E-state index in [1.807, 2.05) is 0 Å². The monoisotopic (exact) mass is 274 g/mol. The highest BCUT2D eigenvalue weighted by Crippen LogP contribution is 2.30. The van der Waals surface area contributed by atoms with Crippen LogP contribution in [0.3, 0.4) is 0 Å². The van der Waals surface area contributed by atoms with Crippen LogP contribution in [0.25, 0.3) is 0 Å². The summed E-state index contributed by atoms with van der Waals surface area (Å²) < 4.78 is 16.4. The van der Waals surface area contributed by atoms with Crippen molar-refractivity contribution in [3.63, 3.8) is 0 Å². The van der Waals surface area contributed by atoms with Crippen molar-refractivity contribution in [1.29, 1.82) is 0 Å². The first-order chi connectivity index (χ1) is 9.24. The van der Waals surface area contributed by atoms with Crippen LogP contribution in [0.1, 0.15) is 45.4 Å². The highest BCUT2D eigenvalue weighted by Gasteiger charge is 2.50. The maximum Gasteiger partial charge on any atom is 0.186 e. The number of aliphatic hydroxyl groups is 2. The molecular weight excluding hydrogens is 248 g/mol. The lowest BCUT2D eigenvalue weighted by Gasteiger charge is -2.35. The van der Waals surface area contributed by atoms with Gasteiger partial charge in [0, 0.05) is 6.61 Å². The molecule has 2 saturated heterocycles. The second kappa shape index (κ2) is 7.55. The lowest BCUT2D eigenvalue weighted by Crippen LogP contribution is -2.54. The van der Waals surface area contributed by atoms with Crippen molar-refractivity contribution >= 4 is 0 Å². The van der Waals surface area contributed by atoms with Gasteiger partial charge in [-0.1, -0.05) is 39.0 Å². The number of aliphatic hydroxyl groups excluding tert-OH is 2. The van der Waals surface area contributed by atoms with Crippen molar-refractivity contribution < 1.29 is 24.4 Å². The van der Waals surface area contributed by atoms with Gasteiger partial charge in [-0.3, -0.25) is 0 Å². The summed E-state index contributed by atoms with van der Waals surface area (Å²) >= 11 is 0. The van der Waals surface area contributed by atoms with Crippen LogP contribution in [0.2, 0.25) is 0 Å². The van der Waals surface area contributed by atoms with Crippen molar-refractivity contribution in [2.24, 2.45) is 0 Å². The molecular formula is C14H26O5. The summed E-state index contributed by atoms with van der Waals surface area (Å²) in [6.07, 6.45) is 3.88. The van der Waals surface area contributed by atoms with Crippen LogP contribution in [0.4, 0.5) is 0 Å². The maximum absolute atomic E-state index is 9.96. The van der Waals surface area contributed by atoms with Gasteiger partial charge in [0.25, 0.3) is 0 Å². The number of unbranched alkanes of at least 4 members (excludes halogenated alkanes) is 5. The standard InChI is InChI=1S/C14H26O5/c1-2-3-4-5-6-7-8-17-13-10-9-18-14(19-10)12(16)11(13)15/h10-16H,2-9H2,1H3/t10-,11-,12-,13-,14-/m1/s1. The van der Waals surface area contributed by atoms with E-state index in [0.29, 0.717) is 13.2 Å². The topological polar surface area (TPSA) is 68.2 Å². The highest BCUT2D eigenvalue weighted by atomic mass is 16.7. The van der Waals surface area contributed by atoms with Crippen LogP contribution in [-0.4, -0.2) is 54.1 Å². The fourth-order valence-corrected chi connectivity index (χ4v) is 2.67. The predicted octanol–water partition coefficient (Wildman–Crippen LogP) is 1.21. The highest BCUT2D eigenvalue weighted by molar-refractivity contribution is 4.93. The molecule has 2 bridgehead atoms. The zero-order valence-electron chi connectivity index (χ0n) is 11.7. The Bertz CT molecular complexity index is 260. The Morgan fingerprint density at radius 2 is 1.79 bits per heavy atom. The van der Waals surface area contributed by atoms with Crippen LogP contribution in [0.5, 0.6) is 0 Å². The summed E-state index contributed by atoms with van der Waals surface area (Å²) in [6, 6.07) is 0. The van der Waals surface area contributed by atoms with E-state index in [9.17, 15) is 10.2 Å². The number of ether oxygens (including phenoxy) is 3. The second-order valence-corrected chi connectivity index (χ2v) is 5.46. The van der Waals surface area contributed by atoms with E-state index in [0.717, 1.165) is 12.8 Å². The summed E-state index contributed by atoms with van der Waals surface area (Å²) in [5.41, 5.74) is 0. The molecule has 5 heteroatoms. The molecule has 2 rings (SSSR count). The molecule has 0 spiro atoms. The third-order valence-corrected chi connectivity index (χ3v) is 3.87. The van der Waals surface area contributed by atoms with Gasteiger partial charge in [0.1, 0.15) is 24.4 Å². The molecule has 112 valence electrons. The summed E-state index contributed by atoms with van der Waals surface area (Å²) in [4.78, 5) is 0. The molecule has 2 aliphatic heterocycles. The van der Waals surface area contributed by atoms with Crippen LogP contribution in [-0.2, 0) is 14.2 Å². The van der Waals surface area contributed by atoms with Gasteiger partial charge in [0.2, 0.25) is 0 Å². The van der Waals surface area contributed by atoms with Crippen molar-refractivity contribution in [2.75, 3.05) is 13.2 Å². The number of rotatable bonds is 8. The van der Waals surface area contributed by atoms with E-state index in [1.165, 1.54) is 25.7 Å². The van der Waals surface area contributed by atoms with Gasteiger partial charge in [-0.25, -0.2) is 0 Å². The average Bonchev–Trinajstić information content (AvgIpc) is 2.85. The van der Waals surface area contributed by atoms with E-state index in [-0.39, 0.29) is 6.10 Å². The van der Waals surface area contributed by atoms with Gasteiger partial charge in [0.15, 0.2) is 6.29 Å². The minimum Gasteiger partial charge on any atom is -0.387 e. The molecule has 2 heterocycles. The lowest BCUT2D eigenvalue weighted by atomic mass is 10.0. The van der Waals surface area contributed by atoms with Crippen molar-refractivity contribution in [3.05, 3.63) is 0 Å². The fourth-order valence-electron chi connectivity index (χ4n) is 2.67. The molecule has 5 nitrogen and oxygen atoms in total. The third kappa shape index (κ3) is 3.89. The molecule has 0 amide bonds. The molecule has 0 unspecified atom stereocenters. The first-order valence-electron chi connectivity index (χ1n) is 7.49. The van der Waals surface area contributed by atoms with Gasteiger partial charge in [0.05, 0.1) is 6.61 Å². The van der Waals surface area contributed by atoms with Crippen LogP contribution >= 0.6 is 0 Å². The zero-order chi connectivity index (χ0) is 13.7. The largest absolute Gasteiger partial charge is 0.387 e. The minimum atomic E-state index is -1.01. The molecule has 0 aliphatic carbocycles. The van der Waals surface area contributed by atoms with Gasteiger partial charge < -0.3 is 24.4 Å². The first-order valence-corrected chi connectivity index (χ1v) is 7.49. The Balaban J connectivity index is 1.62. The Labute approximate surface area is 114 Å². The van der Waals surface area contributed by atoms with E-state index < -0.39 is 24.6 Å². The smallest absolute Gasteiger partial charge is 0.186 e. The molecule has 2 fully saturated rings. The third-order valence-electron chi connectivity index (χ3n) is 3.87. The van der Waals surface area contributed by atoms with E-state index in [4.69, 9.17) is 14.2 Å². The van der Waals surface area contributed by atoms with Crippen molar-refractivity contribution in [1.82, 2.24) is 0 Å². The Hall–Kier alpha value is -0.200. The number of fused-ring (bicyclic) bond motifs is 2. The molecule has 0 aromatic heterocycles. The van der Waals surface area contributed by atoms with E-state index >= 15 is 0 Å². The summed E-state index contributed by atoms with van der Waals surface area (Å²) in [6.45, 7) is 3.20. The summed E-state index contributed by atoms with van der Waals surface area (Å²) in [7, 11) is 0. The Kier molecular flexibility index (Phi) is 6.04. The van der Waals surface area contributed by atoms with Gasteiger partial charge in [-0.05, 0) is 6.42 Å². The molecule has 5 atom stereocenters. The zero-order valence-corrected chi connectivity index (χ0v) is 11.7. The van der Waals surface area contributed by atoms with Gasteiger partial charge in [-0.2, -0.15) is 0 Å². The summed E-state index contributed by atoms with van der Waals surface area (Å²) in [5, 5.41) is 19.7. The Morgan fingerprint density at radius 1 is 1.05 bits per heavy atom. The van der Waals surface area contributed by atoms with E-state index in [1.54, 1.807) is 0 Å². The Morgan fingerprint density at radius 3 is 2.58 bits per heavy atom. The molecule has 0 saturated carbocycles. The van der Waals surface area contributed by atoms with Crippen LogP contribution < -0.4 is 0 Å². The molecule has 2 aliphatic rings. The first kappa shape index (κ1) is 15.2. The second-order valence-electron chi connectivity index (χ2n) is 5.46.